The average Bonchev–Trinajstić information content (AvgIpc) is 3.32. The van der Waals surface area contributed by atoms with Crippen molar-refractivity contribution in [2.45, 2.75) is 44.8 Å². The molecule has 2 aromatic carbocycles. The van der Waals surface area contributed by atoms with Gasteiger partial charge in [0.15, 0.2) is 5.58 Å². The molecule has 0 spiro atoms. The van der Waals surface area contributed by atoms with Crippen molar-refractivity contribution < 1.29 is 8.91 Å². The molecule has 5 heteroatoms. The first kappa shape index (κ1) is 17.8. The number of piperidine rings is 1. The summed E-state index contributed by atoms with van der Waals surface area (Å²) in [6, 6.07) is 13.9. The molecule has 146 valence electrons. The van der Waals surface area contributed by atoms with E-state index in [4.69, 9.17) is 4.52 Å². The third-order valence-electron chi connectivity index (χ3n) is 6.35. The highest BCUT2D eigenvalue weighted by Crippen LogP contribution is 2.38. The first-order valence-corrected chi connectivity index (χ1v) is 10.3. The van der Waals surface area contributed by atoms with Gasteiger partial charge in [-0.25, -0.2) is 4.39 Å². The van der Waals surface area contributed by atoms with Gasteiger partial charge in [-0.1, -0.05) is 36.3 Å². The zero-order valence-electron chi connectivity index (χ0n) is 16.3. The predicted octanol–water partition coefficient (Wildman–Crippen LogP) is 4.55. The quantitative estimate of drug-likeness (QED) is 0.666. The summed E-state index contributed by atoms with van der Waals surface area (Å²) in [5.74, 6) is 0.0219. The Kier molecular flexibility index (Phi) is 4.65. The molecule has 2 aliphatic rings. The predicted molar refractivity (Wildman–Crippen MR) is 108 cm³/mol. The van der Waals surface area contributed by atoms with Gasteiger partial charge in [-0.2, -0.15) is 0 Å². The Labute approximate surface area is 164 Å². The van der Waals surface area contributed by atoms with Crippen LogP contribution in [0, 0.1) is 5.82 Å². The fourth-order valence-electron chi connectivity index (χ4n) is 5.00. The Hall–Kier alpha value is -2.24. The molecule has 0 radical (unpaired) electrons. The van der Waals surface area contributed by atoms with Gasteiger partial charge < -0.3 is 9.42 Å². The minimum atomic E-state index is -0.278. The van der Waals surface area contributed by atoms with E-state index in [0.717, 1.165) is 50.2 Å². The standard InChI is InChI=1S/C23H26FN3O/c1-2-10-26-11-9-19(23-20-8-7-18(24)12-22(20)28-25-23)21(15-26)27-13-16-5-3-4-6-17(16)14-27/h3-8,12,19,21H,2,9-11,13-15H2,1H3. The van der Waals surface area contributed by atoms with Gasteiger partial charge in [0.2, 0.25) is 0 Å². The van der Waals surface area contributed by atoms with Gasteiger partial charge in [0, 0.05) is 43.0 Å². The third-order valence-corrected chi connectivity index (χ3v) is 6.35. The number of fused-ring (bicyclic) bond motifs is 2. The van der Waals surface area contributed by atoms with Crippen molar-refractivity contribution in [3.63, 3.8) is 0 Å². The van der Waals surface area contributed by atoms with E-state index in [9.17, 15) is 4.39 Å². The highest BCUT2D eigenvalue weighted by molar-refractivity contribution is 5.80. The second-order valence-electron chi connectivity index (χ2n) is 8.15. The van der Waals surface area contributed by atoms with E-state index < -0.39 is 0 Å². The van der Waals surface area contributed by atoms with E-state index in [1.165, 1.54) is 29.7 Å². The number of nitrogens with zero attached hydrogens (tertiary/aromatic N) is 3. The molecule has 3 aromatic rings. The zero-order valence-corrected chi connectivity index (χ0v) is 16.3. The molecule has 4 nitrogen and oxygen atoms in total. The maximum atomic E-state index is 13.6. The third kappa shape index (κ3) is 3.12. The fourth-order valence-corrected chi connectivity index (χ4v) is 5.00. The lowest BCUT2D eigenvalue weighted by Gasteiger charge is -2.42. The van der Waals surface area contributed by atoms with Gasteiger partial charge in [-0.05, 0) is 49.2 Å². The van der Waals surface area contributed by atoms with Crippen molar-refractivity contribution in [2.75, 3.05) is 19.6 Å². The maximum absolute atomic E-state index is 13.6. The molecular weight excluding hydrogens is 353 g/mol. The minimum absolute atomic E-state index is 0.278. The van der Waals surface area contributed by atoms with Crippen LogP contribution >= 0.6 is 0 Å². The van der Waals surface area contributed by atoms with Crippen molar-refractivity contribution in [1.29, 1.82) is 0 Å². The lowest BCUT2D eigenvalue weighted by Crippen LogP contribution is -2.50. The molecule has 1 fully saturated rings. The first-order valence-electron chi connectivity index (χ1n) is 10.3. The monoisotopic (exact) mass is 379 g/mol. The van der Waals surface area contributed by atoms with E-state index >= 15 is 0 Å². The number of hydrogen-bond acceptors (Lipinski definition) is 4. The molecule has 0 aliphatic carbocycles. The van der Waals surface area contributed by atoms with Gasteiger partial charge in [-0.3, -0.25) is 4.90 Å². The summed E-state index contributed by atoms with van der Waals surface area (Å²) >= 11 is 0. The van der Waals surface area contributed by atoms with Crippen LogP contribution in [0.3, 0.4) is 0 Å². The number of likely N-dealkylation sites (tertiary alicyclic amines) is 1. The number of aromatic nitrogens is 1. The van der Waals surface area contributed by atoms with Crippen molar-refractivity contribution in [1.82, 2.24) is 15.0 Å². The number of halogens is 1. The molecule has 2 unspecified atom stereocenters. The second kappa shape index (κ2) is 7.30. The van der Waals surface area contributed by atoms with Crippen LogP contribution in [0.25, 0.3) is 11.0 Å². The number of hydrogen-bond donors (Lipinski definition) is 0. The topological polar surface area (TPSA) is 32.5 Å². The molecule has 0 bridgehead atoms. The minimum Gasteiger partial charge on any atom is -0.356 e. The highest BCUT2D eigenvalue weighted by atomic mass is 19.1. The Bertz CT molecular complexity index is 960. The fraction of sp³-hybridized carbons (Fsp3) is 0.435. The highest BCUT2D eigenvalue weighted by Gasteiger charge is 2.38. The van der Waals surface area contributed by atoms with Crippen molar-refractivity contribution in [2.24, 2.45) is 0 Å². The van der Waals surface area contributed by atoms with Crippen LogP contribution in [0.2, 0.25) is 0 Å². The smallest absolute Gasteiger partial charge is 0.170 e. The lowest BCUT2D eigenvalue weighted by atomic mass is 9.86. The van der Waals surface area contributed by atoms with Gasteiger partial charge in [-0.15, -0.1) is 0 Å². The Morgan fingerprint density at radius 3 is 2.68 bits per heavy atom. The molecule has 5 rings (SSSR count). The van der Waals surface area contributed by atoms with Gasteiger partial charge in [0.25, 0.3) is 0 Å². The van der Waals surface area contributed by atoms with E-state index in [-0.39, 0.29) is 5.82 Å². The molecule has 2 atom stereocenters. The van der Waals surface area contributed by atoms with Crippen LogP contribution in [0.5, 0.6) is 0 Å². The average molecular weight is 379 g/mol. The molecule has 3 heterocycles. The van der Waals surface area contributed by atoms with E-state index in [2.05, 4.69) is 46.1 Å². The van der Waals surface area contributed by atoms with Gasteiger partial charge in [0.05, 0.1) is 5.69 Å². The molecule has 28 heavy (non-hydrogen) atoms. The molecule has 0 amide bonds. The van der Waals surface area contributed by atoms with E-state index in [1.54, 1.807) is 0 Å². The number of benzene rings is 2. The molecule has 0 N–H and O–H groups in total. The lowest BCUT2D eigenvalue weighted by molar-refractivity contribution is 0.0757. The molecule has 1 saturated heterocycles. The SMILES string of the molecule is CCCN1CCC(c2noc3cc(F)ccc23)C(N2Cc3ccccc3C2)C1. The largest absolute Gasteiger partial charge is 0.356 e. The van der Waals surface area contributed by atoms with Crippen LogP contribution in [0.4, 0.5) is 4.39 Å². The van der Waals surface area contributed by atoms with E-state index in [1.807, 2.05) is 6.07 Å². The van der Waals surface area contributed by atoms with Crippen LogP contribution in [-0.2, 0) is 13.1 Å². The maximum Gasteiger partial charge on any atom is 0.170 e. The summed E-state index contributed by atoms with van der Waals surface area (Å²) in [4.78, 5) is 5.17. The summed E-state index contributed by atoms with van der Waals surface area (Å²) in [6.07, 6.45) is 2.22. The van der Waals surface area contributed by atoms with E-state index in [0.29, 0.717) is 17.5 Å². The van der Waals surface area contributed by atoms with Crippen molar-refractivity contribution in [3.8, 4) is 0 Å². The second-order valence-corrected chi connectivity index (χ2v) is 8.15. The van der Waals surface area contributed by atoms with Gasteiger partial charge in [0.1, 0.15) is 5.82 Å². The summed E-state index contributed by atoms with van der Waals surface area (Å²) in [5, 5.41) is 5.37. The van der Waals surface area contributed by atoms with Crippen LogP contribution in [0.15, 0.2) is 47.0 Å². The molecule has 1 aromatic heterocycles. The number of rotatable bonds is 4. The molecule has 2 aliphatic heterocycles. The van der Waals surface area contributed by atoms with Crippen LogP contribution in [-0.4, -0.2) is 40.6 Å². The molecule has 0 saturated carbocycles. The van der Waals surface area contributed by atoms with Gasteiger partial charge >= 0.3 is 0 Å². The zero-order chi connectivity index (χ0) is 19.1. The summed E-state index contributed by atoms with van der Waals surface area (Å²) < 4.78 is 19.1. The Morgan fingerprint density at radius 2 is 1.93 bits per heavy atom. The first-order chi connectivity index (χ1) is 13.7. The summed E-state index contributed by atoms with van der Waals surface area (Å²) in [5.41, 5.74) is 4.41. The normalized spacial score (nSPS) is 23.4. The van der Waals surface area contributed by atoms with Crippen molar-refractivity contribution in [3.05, 3.63) is 65.1 Å². The Balaban J connectivity index is 1.48. The summed E-state index contributed by atoms with van der Waals surface area (Å²) in [6.45, 7) is 7.47. The summed E-state index contributed by atoms with van der Waals surface area (Å²) in [7, 11) is 0. The van der Waals surface area contributed by atoms with Crippen LogP contribution < -0.4 is 0 Å². The van der Waals surface area contributed by atoms with Crippen molar-refractivity contribution >= 4 is 11.0 Å². The molecular formula is C23H26FN3O. The Morgan fingerprint density at radius 1 is 1.14 bits per heavy atom. The van der Waals surface area contributed by atoms with Crippen LogP contribution in [0.1, 0.15) is 42.5 Å².